The topological polar surface area (TPSA) is 88.8 Å². The van der Waals surface area contributed by atoms with E-state index in [0.29, 0.717) is 13.0 Å². The fourth-order valence-electron chi connectivity index (χ4n) is 1.88. The maximum absolute atomic E-state index is 12.2. The fraction of sp³-hybridized carbons (Fsp3) is 0.667. The van der Waals surface area contributed by atoms with Gasteiger partial charge in [0.15, 0.2) is 0 Å². The Labute approximate surface area is 113 Å². The van der Waals surface area contributed by atoms with Gasteiger partial charge in [-0.05, 0) is 13.3 Å². The highest BCUT2D eigenvalue weighted by molar-refractivity contribution is 7.89. The van der Waals surface area contributed by atoms with Crippen LogP contribution in [0.4, 0.5) is 0 Å². The molecule has 0 aromatic carbocycles. The normalized spacial score (nSPS) is 13.7. The van der Waals surface area contributed by atoms with Gasteiger partial charge in [0.2, 0.25) is 10.0 Å². The Kier molecular flexibility index (Phi) is 5.99. The lowest BCUT2D eigenvalue weighted by Crippen LogP contribution is -2.37. The van der Waals surface area contributed by atoms with E-state index in [9.17, 15) is 8.42 Å². The van der Waals surface area contributed by atoms with Gasteiger partial charge in [-0.2, -0.15) is 0 Å². The molecule has 0 radical (unpaired) electrons. The number of hydrogen-bond donors (Lipinski definition) is 2. The molecule has 2 N–H and O–H groups in total. The van der Waals surface area contributed by atoms with Gasteiger partial charge >= 0.3 is 0 Å². The molecule has 6 nitrogen and oxygen atoms in total. The molecule has 0 saturated carbocycles. The highest BCUT2D eigenvalue weighted by atomic mass is 32.2. The van der Waals surface area contributed by atoms with Gasteiger partial charge in [0, 0.05) is 19.2 Å². The first-order chi connectivity index (χ1) is 8.94. The third-order valence-corrected chi connectivity index (χ3v) is 4.32. The predicted octanol–water partition coefficient (Wildman–Crippen LogP) is 1.17. The van der Waals surface area contributed by atoms with Crippen LogP contribution in [0, 0.1) is 6.92 Å². The molecule has 0 spiro atoms. The Morgan fingerprint density at radius 3 is 2.68 bits per heavy atom. The lowest BCUT2D eigenvalue weighted by atomic mass is 10.2. The summed E-state index contributed by atoms with van der Waals surface area (Å²) in [5, 5.41) is 8.96. The SMILES string of the molecule is CCCC(COC)NS(=O)(=O)c1cc(CO)oc1C. The molecule has 1 atom stereocenters. The third kappa shape index (κ3) is 4.31. The zero-order valence-electron chi connectivity index (χ0n) is 11.5. The van der Waals surface area contributed by atoms with Crippen LogP contribution >= 0.6 is 0 Å². The Morgan fingerprint density at radius 2 is 2.21 bits per heavy atom. The minimum atomic E-state index is -3.66. The van der Waals surface area contributed by atoms with Crippen molar-refractivity contribution in [3.8, 4) is 0 Å². The van der Waals surface area contributed by atoms with Gasteiger partial charge in [0.05, 0.1) is 6.61 Å². The number of rotatable bonds is 8. The number of sulfonamides is 1. The van der Waals surface area contributed by atoms with Crippen molar-refractivity contribution in [3.63, 3.8) is 0 Å². The maximum atomic E-state index is 12.2. The molecule has 7 heteroatoms. The Bertz CT molecular complexity index is 488. The van der Waals surface area contributed by atoms with E-state index in [1.54, 1.807) is 6.92 Å². The first-order valence-corrected chi connectivity index (χ1v) is 7.64. The van der Waals surface area contributed by atoms with E-state index in [1.165, 1.54) is 13.2 Å². The van der Waals surface area contributed by atoms with Gasteiger partial charge in [-0.25, -0.2) is 13.1 Å². The van der Waals surface area contributed by atoms with Crippen molar-refractivity contribution < 1.29 is 22.7 Å². The van der Waals surface area contributed by atoms with E-state index in [4.69, 9.17) is 14.3 Å². The number of aliphatic hydroxyl groups excluding tert-OH is 1. The van der Waals surface area contributed by atoms with Crippen LogP contribution in [0.5, 0.6) is 0 Å². The molecule has 19 heavy (non-hydrogen) atoms. The van der Waals surface area contributed by atoms with E-state index < -0.39 is 10.0 Å². The average Bonchev–Trinajstić information content (AvgIpc) is 2.71. The van der Waals surface area contributed by atoms with Crippen LogP contribution in [0.3, 0.4) is 0 Å². The number of ether oxygens (including phenoxy) is 1. The second-order valence-electron chi connectivity index (χ2n) is 4.35. The van der Waals surface area contributed by atoms with Crippen molar-refractivity contribution in [2.45, 2.75) is 44.2 Å². The van der Waals surface area contributed by atoms with E-state index in [-0.39, 0.29) is 29.1 Å². The molecular formula is C12H21NO5S. The molecule has 0 saturated heterocycles. The van der Waals surface area contributed by atoms with Crippen molar-refractivity contribution in [2.24, 2.45) is 0 Å². The minimum absolute atomic E-state index is 0.0637. The number of nitrogens with one attached hydrogen (secondary N) is 1. The van der Waals surface area contributed by atoms with Gasteiger partial charge in [0.25, 0.3) is 0 Å². The summed E-state index contributed by atoms with van der Waals surface area (Å²) in [4.78, 5) is 0.0637. The molecule has 1 heterocycles. The van der Waals surface area contributed by atoms with Crippen LogP contribution in [-0.4, -0.2) is 33.3 Å². The second kappa shape index (κ2) is 7.04. The van der Waals surface area contributed by atoms with E-state index in [0.717, 1.165) is 6.42 Å². The summed E-state index contributed by atoms with van der Waals surface area (Å²) in [6.07, 6.45) is 1.54. The van der Waals surface area contributed by atoms with Gasteiger partial charge in [-0.3, -0.25) is 0 Å². The number of aliphatic hydroxyl groups is 1. The van der Waals surface area contributed by atoms with E-state index >= 15 is 0 Å². The Morgan fingerprint density at radius 1 is 1.53 bits per heavy atom. The quantitative estimate of drug-likeness (QED) is 0.750. The van der Waals surface area contributed by atoms with Crippen LogP contribution in [0.25, 0.3) is 0 Å². The zero-order valence-corrected chi connectivity index (χ0v) is 12.3. The second-order valence-corrected chi connectivity index (χ2v) is 6.04. The molecule has 0 aliphatic rings. The molecule has 0 bridgehead atoms. The first kappa shape index (κ1) is 16.2. The van der Waals surface area contributed by atoms with E-state index in [1.807, 2.05) is 6.92 Å². The molecule has 1 aromatic rings. The monoisotopic (exact) mass is 291 g/mol. The van der Waals surface area contributed by atoms with Gasteiger partial charge in [-0.1, -0.05) is 13.3 Å². The summed E-state index contributed by atoms with van der Waals surface area (Å²) in [6, 6.07) is 1.07. The third-order valence-electron chi connectivity index (χ3n) is 2.70. The Balaban J connectivity index is 2.92. The van der Waals surface area contributed by atoms with Gasteiger partial charge in [0.1, 0.15) is 23.0 Å². The first-order valence-electron chi connectivity index (χ1n) is 6.16. The summed E-state index contributed by atoms with van der Waals surface area (Å²) in [5.41, 5.74) is 0. The molecule has 0 aliphatic heterocycles. The van der Waals surface area contributed by atoms with Crippen LogP contribution in [-0.2, 0) is 21.4 Å². The molecule has 110 valence electrons. The number of hydrogen-bond acceptors (Lipinski definition) is 5. The molecule has 1 unspecified atom stereocenters. The van der Waals surface area contributed by atoms with Crippen molar-refractivity contribution in [1.29, 1.82) is 0 Å². The minimum Gasteiger partial charge on any atom is -0.462 e. The van der Waals surface area contributed by atoms with Crippen molar-refractivity contribution >= 4 is 10.0 Å². The van der Waals surface area contributed by atoms with Crippen LogP contribution in [0.2, 0.25) is 0 Å². The van der Waals surface area contributed by atoms with Gasteiger partial charge in [-0.15, -0.1) is 0 Å². The van der Waals surface area contributed by atoms with Crippen molar-refractivity contribution in [1.82, 2.24) is 4.72 Å². The van der Waals surface area contributed by atoms with Crippen LogP contribution < -0.4 is 4.72 Å². The van der Waals surface area contributed by atoms with Crippen LogP contribution in [0.15, 0.2) is 15.4 Å². The van der Waals surface area contributed by atoms with Crippen molar-refractivity contribution in [2.75, 3.05) is 13.7 Å². The summed E-state index contributed by atoms with van der Waals surface area (Å²) in [6.45, 7) is 3.52. The van der Waals surface area contributed by atoms with Crippen molar-refractivity contribution in [3.05, 3.63) is 17.6 Å². The summed E-state index contributed by atoms with van der Waals surface area (Å²) < 4.78 is 37.2. The number of aryl methyl sites for hydroxylation is 1. The number of furan rings is 1. The summed E-state index contributed by atoms with van der Waals surface area (Å²) in [5.74, 6) is 0.501. The summed E-state index contributed by atoms with van der Waals surface area (Å²) >= 11 is 0. The smallest absolute Gasteiger partial charge is 0.244 e. The zero-order chi connectivity index (χ0) is 14.5. The lowest BCUT2D eigenvalue weighted by molar-refractivity contribution is 0.171. The molecule has 0 aliphatic carbocycles. The van der Waals surface area contributed by atoms with Gasteiger partial charge < -0.3 is 14.3 Å². The molecule has 0 fully saturated rings. The fourth-order valence-corrected chi connectivity index (χ4v) is 3.34. The molecule has 0 amide bonds. The Hall–Kier alpha value is -0.890. The number of methoxy groups -OCH3 is 1. The molecular weight excluding hydrogens is 270 g/mol. The van der Waals surface area contributed by atoms with E-state index in [2.05, 4.69) is 4.72 Å². The average molecular weight is 291 g/mol. The largest absolute Gasteiger partial charge is 0.462 e. The molecule has 1 aromatic heterocycles. The lowest BCUT2D eigenvalue weighted by Gasteiger charge is -2.16. The summed E-state index contributed by atoms with van der Waals surface area (Å²) in [7, 11) is -2.13. The predicted molar refractivity (Wildman–Crippen MR) is 70.3 cm³/mol. The van der Waals surface area contributed by atoms with Crippen LogP contribution in [0.1, 0.15) is 31.3 Å². The molecule has 1 rings (SSSR count). The standard InChI is InChI=1S/C12H21NO5S/c1-4-5-10(8-17-3)13-19(15,16)12-6-11(7-14)18-9(12)2/h6,10,13-14H,4-5,7-8H2,1-3H3. The maximum Gasteiger partial charge on any atom is 0.244 e. The highest BCUT2D eigenvalue weighted by Gasteiger charge is 2.24. The highest BCUT2D eigenvalue weighted by Crippen LogP contribution is 2.20.